The standard InChI is InChI=1S/C22H13F5N2O/c23-18-6-2-1-5-16(18)21(30)28-14-10-8-13(9-11-14)20-17(22(25,26)27)12-15-4-3-7-19(24)29(15)20/h1-12H,(H,28,30)/p-1. The van der Waals surface area contributed by atoms with Crippen molar-refractivity contribution in [1.29, 1.82) is 0 Å². The summed E-state index contributed by atoms with van der Waals surface area (Å²) in [4.78, 5) is 3.78. The van der Waals surface area contributed by atoms with Crippen molar-refractivity contribution in [2.24, 2.45) is 4.99 Å². The second-order valence-corrected chi connectivity index (χ2v) is 6.46. The van der Waals surface area contributed by atoms with E-state index in [9.17, 15) is 27.1 Å². The first-order valence-corrected chi connectivity index (χ1v) is 8.74. The SMILES string of the molecule is [O-]C(=Nc1ccc(-c2c(C(F)(F)F)cc3cccc(F)n23)cc1)c1ccccc1F. The second-order valence-electron chi connectivity index (χ2n) is 6.46. The largest absolute Gasteiger partial charge is 0.858 e. The quantitative estimate of drug-likeness (QED) is 0.193. The summed E-state index contributed by atoms with van der Waals surface area (Å²) in [5.74, 6) is -2.40. The number of alkyl halides is 3. The predicted molar refractivity (Wildman–Crippen MR) is 100 cm³/mol. The van der Waals surface area contributed by atoms with E-state index in [-0.39, 0.29) is 28.0 Å². The van der Waals surface area contributed by atoms with E-state index in [1.165, 1.54) is 54.6 Å². The molecule has 3 nitrogen and oxygen atoms in total. The highest BCUT2D eigenvalue weighted by Gasteiger charge is 2.36. The highest BCUT2D eigenvalue weighted by atomic mass is 19.4. The van der Waals surface area contributed by atoms with Crippen LogP contribution in [0.4, 0.5) is 27.6 Å². The number of fused-ring (bicyclic) bond motifs is 1. The van der Waals surface area contributed by atoms with E-state index in [4.69, 9.17) is 0 Å². The Morgan fingerprint density at radius 3 is 2.23 bits per heavy atom. The molecule has 30 heavy (non-hydrogen) atoms. The lowest BCUT2D eigenvalue weighted by atomic mass is 10.1. The van der Waals surface area contributed by atoms with Crippen molar-refractivity contribution in [2.75, 3.05) is 0 Å². The first kappa shape index (κ1) is 19.6. The van der Waals surface area contributed by atoms with Crippen molar-refractivity contribution in [3.63, 3.8) is 0 Å². The first-order valence-electron chi connectivity index (χ1n) is 8.74. The molecule has 0 fully saturated rings. The molecule has 0 saturated heterocycles. The van der Waals surface area contributed by atoms with Gasteiger partial charge in [-0.1, -0.05) is 36.4 Å². The maximum Gasteiger partial charge on any atom is 0.418 e. The Kier molecular flexibility index (Phi) is 4.77. The molecular weight excluding hydrogens is 403 g/mol. The third-order valence-electron chi connectivity index (χ3n) is 4.52. The van der Waals surface area contributed by atoms with Crippen molar-refractivity contribution in [3.8, 4) is 11.3 Å². The van der Waals surface area contributed by atoms with Gasteiger partial charge in [0, 0.05) is 11.1 Å². The van der Waals surface area contributed by atoms with Crippen LogP contribution in [0.15, 0.2) is 77.8 Å². The summed E-state index contributed by atoms with van der Waals surface area (Å²) in [5, 5.41) is 12.1. The van der Waals surface area contributed by atoms with Crippen molar-refractivity contribution in [3.05, 3.63) is 95.7 Å². The van der Waals surface area contributed by atoms with Crippen LogP contribution in [0.5, 0.6) is 0 Å². The van der Waals surface area contributed by atoms with Gasteiger partial charge in [-0.3, -0.25) is 9.39 Å². The van der Waals surface area contributed by atoms with Gasteiger partial charge in [0.1, 0.15) is 5.82 Å². The molecule has 2 heterocycles. The lowest BCUT2D eigenvalue weighted by Crippen LogP contribution is -2.19. The Hall–Kier alpha value is -3.68. The van der Waals surface area contributed by atoms with E-state index in [2.05, 4.69) is 4.99 Å². The topological polar surface area (TPSA) is 39.8 Å². The monoisotopic (exact) mass is 415 g/mol. The Labute approximate surface area is 167 Å². The molecule has 4 aromatic rings. The molecule has 4 rings (SSSR count). The maximum absolute atomic E-state index is 14.3. The average molecular weight is 415 g/mol. The third kappa shape index (κ3) is 3.52. The van der Waals surface area contributed by atoms with Crippen LogP contribution in [0.25, 0.3) is 16.8 Å². The molecule has 0 N–H and O–H groups in total. The van der Waals surface area contributed by atoms with Gasteiger partial charge in [0.15, 0.2) is 5.95 Å². The molecule has 152 valence electrons. The number of nitrogens with zero attached hydrogens (tertiary/aromatic N) is 2. The molecule has 0 atom stereocenters. The molecule has 0 aliphatic heterocycles. The zero-order valence-electron chi connectivity index (χ0n) is 15.1. The van der Waals surface area contributed by atoms with Crippen LogP contribution in [0.2, 0.25) is 0 Å². The van der Waals surface area contributed by atoms with E-state index < -0.39 is 29.4 Å². The van der Waals surface area contributed by atoms with Gasteiger partial charge in [0.25, 0.3) is 0 Å². The smallest absolute Gasteiger partial charge is 0.418 e. The van der Waals surface area contributed by atoms with Gasteiger partial charge in [-0.2, -0.15) is 17.6 Å². The van der Waals surface area contributed by atoms with Crippen LogP contribution in [-0.4, -0.2) is 10.3 Å². The zero-order valence-corrected chi connectivity index (χ0v) is 15.1. The Balaban J connectivity index is 1.79. The number of halogens is 5. The normalized spacial score (nSPS) is 12.5. The van der Waals surface area contributed by atoms with Crippen molar-refractivity contribution >= 4 is 17.1 Å². The van der Waals surface area contributed by atoms with Crippen LogP contribution < -0.4 is 5.11 Å². The minimum Gasteiger partial charge on any atom is -0.858 e. The molecule has 0 saturated carbocycles. The summed E-state index contributed by atoms with van der Waals surface area (Å²) in [6.07, 6.45) is -4.70. The fraction of sp³-hybridized carbons (Fsp3) is 0.0455. The van der Waals surface area contributed by atoms with E-state index in [0.29, 0.717) is 0 Å². The van der Waals surface area contributed by atoms with Crippen molar-refractivity contribution < 1.29 is 27.1 Å². The van der Waals surface area contributed by atoms with E-state index in [1.807, 2.05) is 0 Å². The Morgan fingerprint density at radius 2 is 1.57 bits per heavy atom. The number of aromatic nitrogens is 1. The summed E-state index contributed by atoms with van der Waals surface area (Å²) >= 11 is 0. The summed E-state index contributed by atoms with van der Waals surface area (Å²) in [6, 6.07) is 15.2. The van der Waals surface area contributed by atoms with E-state index in [0.717, 1.165) is 22.6 Å². The lowest BCUT2D eigenvalue weighted by molar-refractivity contribution is -0.212. The second kappa shape index (κ2) is 7.29. The van der Waals surface area contributed by atoms with Crippen LogP contribution in [-0.2, 0) is 6.18 Å². The van der Waals surface area contributed by atoms with Gasteiger partial charge in [0.05, 0.1) is 16.9 Å². The third-order valence-corrected chi connectivity index (χ3v) is 4.52. The molecule has 0 bridgehead atoms. The number of hydrogen-bond donors (Lipinski definition) is 0. The van der Waals surface area contributed by atoms with Gasteiger partial charge in [-0.25, -0.2) is 4.39 Å². The number of aliphatic imine (C=N–C) groups is 1. The maximum atomic E-state index is 14.3. The average Bonchev–Trinajstić information content (AvgIpc) is 3.10. The van der Waals surface area contributed by atoms with Crippen molar-refractivity contribution in [1.82, 2.24) is 4.40 Å². The molecule has 0 aliphatic rings. The van der Waals surface area contributed by atoms with Crippen molar-refractivity contribution in [2.45, 2.75) is 6.18 Å². The molecule has 2 aromatic heterocycles. The first-order chi connectivity index (χ1) is 14.3. The zero-order chi connectivity index (χ0) is 21.5. The molecule has 8 heteroatoms. The summed E-state index contributed by atoms with van der Waals surface area (Å²) in [6.45, 7) is 0. The van der Waals surface area contributed by atoms with Crippen LogP contribution in [0, 0.1) is 11.8 Å². The highest BCUT2D eigenvalue weighted by molar-refractivity contribution is 5.92. The minimum atomic E-state index is -4.70. The predicted octanol–water partition coefficient (Wildman–Crippen LogP) is 5.34. The van der Waals surface area contributed by atoms with Crippen LogP contribution in [0.1, 0.15) is 11.1 Å². The molecule has 0 radical (unpaired) electrons. The van der Waals surface area contributed by atoms with E-state index in [1.54, 1.807) is 0 Å². The Bertz CT molecular complexity index is 1260. The van der Waals surface area contributed by atoms with Gasteiger partial charge >= 0.3 is 6.18 Å². The highest BCUT2D eigenvalue weighted by Crippen LogP contribution is 2.40. The fourth-order valence-electron chi connectivity index (χ4n) is 3.19. The van der Waals surface area contributed by atoms with Gasteiger partial charge in [0.2, 0.25) is 0 Å². The molecule has 0 unspecified atom stereocenters. The van der Waals surface area contributed by atoms with Gasteiger partial charge < -0.3 is 5.11 Å². The molecule has 0 amide bonds. The van der Waals surface area contributed by atoms with Gasteiger partial charge in [-0.15, -0.1) is 0 Å². The van der Waals surface area contributed by atoms with Crippen LogP contribution in [0.3, 0.4) is 0 Å². The number of hydrogen-bond acceptors (Lipinski definition) is 2. The van der Waals surface area contributed by atoms with Crippen LogP contribution >= 0.6 is 0 Å². The number of benzene rings is 2. The molecule has 2 aromatic carbocycles. The summed E-state index contributed by atoms with van der Waals surface area (Å²) < 4.78 is 69.5. The number of pyridine rings is 1. The molecule has 0 spiro atoms. The molecule has 0 aliphatic carbocycles. The summed E-state index contributed by atoms with van der Waals surface area (Å²) in [5.41, 5.74) is -1.30. The van der Waals surface area contributed by atoms with E-state index >= 15 is 0 Å². The fourth-order valence-corrected chi connectivity index (χ4v) is 3.19. The summed E-state index contributed by atoms with van der Waals surface area (Å²) in [7, 11) is 0. The molecular formula is C22H12F5N2O-. The number of rotatable bonds is 3. The minimum absolute atomic E-state index is 0.0563. The van der Waals surface area contributed by atoms with Gasteiger partial charge in [-0.05, 0) is 47.9 Å². The Morgan fingerprint density at radius 1 is 0.867 bits per heavy atom. The lowest BCUT2D eigenvalue weighted by Gasteiger charge is -2.13.